The maximum atomic E-state index is 4.80. The van der Waals surface area contributed by atoms with Crippen molar-refractivity contribution in [3.8, 4) is 22.5 Å². The summed E-state index contributed by atoms with van der Waals surface area (Å²) in [5, 5.41) is 2.27. The second-order valence-electron chi connectivity index (χ2n) is 10.7. The minimum atomic E-state index is 0.177. The highest BCUT2D eigenvalue weighted by Crippen LogP contribution is 2.46. The molecule has 2 aromatic carbocycles. The molecular weight excluding hydrogens is 502 g/mol. The molecule has 2 unspecified atom stereocenters. The van der Waals surface area contributed by atoms with Crippen molar-refractivity contribution in [2.75, 3.05) is 4.90 Å². The van der Waals surface area contributed by atoms with E-state index in [1.807, 2.05) is 30.9 Å². The van der Waals surface area contributed by atoms with Crippen molar-refractivity contribution in [2.24, 2.45) is 4.99 Å². The third-order valence-electron chi connectivity index (χ3n) is 8.32. The third kappa shape index (κ3) is 4.09. The highest BCUT2D eigenvalue weighted by atomic mass is 15.2. The van der Waals surface area contributed by atoms with Crippen LogP contribution in [0, 0.1) is 0 Å². The van der Waals surface area contributed by atoms with E-state index in [1.165, 1.54) is 22.0 Å². The van der Waals surface area contributed by atoms with E-state index in [0.29, 0.717) is 5.92 Å². The Morgan fingerprint density at radius 2 is 1.59 bits per heavy atom. The van der Waals surface area contributed by atoms with Crippen LogP contribution < -0.4 is 15.5 Å². The summed E-state index contributed by atoms with van der Waals surface area (Å²) in [7, 11) is 0. The summed E-state index contributed by atoms with van der Waals surface area (Å²) in [5.74, 6) is 0.313. The minimum Gasteiger partial charge on any atom is -0.332 e. The van der Waals surface area contributed by atoms with Crippen LogP contribution in [-0.2, 0) is 0 Å². The summed E-state index contributed by atoms with van der Waals surface area (Å²) in [6, 6.07) is 30.1. The third-order valence-corrected chi connectivity index (χ3v) is 8.32. The Hall–Kier alpha value is -5.16. The summed E-state index contributed by atoms with van der Waals surface area (Å²) in [6.45, 7) is 0. The number of pyridine rings is 3. The van der Waals surface area contributed by atoms with Gasteiger partial charge < -0.3 is 4.90 Å². The highest BCUT2D eigenvalue weighted by molar-refractivity contribution is 5.87. The van der Waals surface area contributed by atoms with Gasteiger partial charge in [-0.05, 0) is 76.7 Å². The molecule has 0 saturated heterocycles. The molecule has 5 nitrogen and oxygen atoms in total. The molecule has 3 aliphatic rings. The van der Waals surface area contributed by atoms with E-state index in [9.17, 15) is 0 Å². The molecule has 0 bridgehead atoms. The average Bonchev–Trinajstić information content (AvgIpc) is 3.39. The summed E-state index contributed by atoms with van der Waals surface area (Å²) in [6.07, 6.45) is 16.2. The molecule has 0 saturated carbocycles. The van der Waals surface area contributed by atoms with Gasteiger partial charge in [-0.2, -0.15) is 0 Å². The number of para-hydroxylation sites is 1. The first-order valence-electron chi connectivity index (χ1n) is 14.1. The molecule has 5 aromatic rings. The quantitative estimate of drug-likeness (QED) is 0.279. The predicted molar refractivity (Wildman–Crippen MR) is 165 cm³/mol. The molecule has 3 aromatic heterocycles. The molecule has 2 atom stereocenters. The lowest BCUT2D eigenvalue weighted by molar-refractivity contribution is 0.787. The lowest BCUT2D eigenvalue weighted by atomic mass is 9.94. The van der Waals surface area contributed by atoms with Crippen molar-refractivity contribution < 1.29 is 0 Å². The lowest BCUT2D eigenvalue weighted by Crippen LogP contribution is -2.32. The number of anilines is 2. The average molecular weight is 530 g/mol. The largest absolute Gasteiger partial charge is 0.332 e. The first kappa shape index (κ1) is 23.7. The maximum absolute atomic E-state index is 4.80. The van der Waals surface area contributed by atoms with Crippen LogP contribution in [0.5, 0.6) is 0 Å². The van der Waals surface area contributed by atoms with Gasteiger partial charge in [-0.3, -0.25) is 19.9 Å². The number of aromatic nitrogens is 3. The van der Waals surface area contributed by atoms with Gasteiger partial charge in [0.15, 0.2) is 0 Å². The zero-order chi connectivity index (χ0) is 27.2. The van der Waals surface area contributed by atoms with E-state index in [4.69, 9.17) is 9.97 Å². The number of aliphatic imine (C=N–C) groups is 1. The molecule has 8 rings (SSSR count). The monoisotopic (exact) mass is 529 g/mol. The summed E-state index contributed by atoms with van der Waals surface area (Å²) < 4.78 is 0. The Bertz CT molecular complexity index is 1960. The first-order chi connectivity index (χ1) is 20.3. The molecule has 196 valence electrons. The van der Waals surface area contributed by atoms with Gasteiger partial charge in [0, 0.05) is 53.9 Å². The molecule has 0 N–H and O–H groups in total. The van der Waals surface area contributed by atoms with Gasteiger partial charge in [0.2, 0.25) is 0 Å². The van der Waals surface area contributed by atoms with Crippen molar-refractivity contribution in [3.05, 3.63) is 137 Å². The molecular formula is C36H27N5. The van der Waals surface area contributed by atoms with Gasteiger partial charge in [-0.1, -0.05) is 60.7 Å². The SMILES string of the molecule is C1=CC2c3ccccc3N(c3cccc(-c4ccc(-c5ccc(C6=c7ncccc7=CCC6)cn5)nc4)c3)C2C=N1. The van der Waals surface area contributed by atoms with E-state index in [1.54, 1.807) is 0 Å². The fourth-order valence-corrected chi connectivity index (χ4v) is 6.34. The minimum absolute atomic E-state index is 0.177. The van der Waals surface area contributed by atoms with Gasteiger partial charge in [0.05, 0.1) is 22.8 Å². The van der Waals surface area contributed by atoms with E-state index in [-0.39, 0.29) is 6.04 Å². The van der Waals surface area contributed by atoms with Gasteiger partial charge in [-0.25, -0.2) is 0 Å². The number of fused-ring (bicyclic) bond motifs is 4. The molecule has 0 fully saturated rings. The van der Waals surface area contributed by atoms with Crippen LogP contribution in [0.3, 0.4) is 0 Å². The van der Waals surface area contributed by atoms with Crippen LogP contribution in [-0.4, -0.2) is 27.2 Å². The second kappa shape index (κ2) is 9.79. The molecule has 5 heterocycles. The van der Waals surface area contributed by atoms with Crippen LogP contribution in [0.4, 0.5) is 11.4 Å². The van der Waals surface area contributed by atoms with Crippen LogP contribution in [0.25, 0.3) is 34.2 Å². The van der Waals surface area contributed by atoms with E-state index >= 15 is 0 Å². The normalized spacial score (nSPS) is 18.4. The Labute approximate surface area is 238 Å². The number of hydrogen-bond acceptors (Lipinski definition) is 5. The fraction of sp³-hybridized carbons (Fsp3) is 0.111. The Morgan fingerprint density at radius 3 is 2.44 bits per heavy atom. The van der Waals surface area contributed by atoms with Gasteiger partial charge in [-0.15, -0.1) is 0 Å². The Kier molecular flexibility index (Phi) is 5.66. The summed E-state index contributed by atoms with van der Waals surface area (Å²) in [4.78, 5) is 21.1. The number of benzene rings is 2. The summed E-state index contributed by atoms with van der Waals surface area (Å²) >= 11 is 0. The van der Waals surface area contributed by atoms with Gasteiger partial charge in [0.25, 0.3) is 0 Å². The van der Waals surface area contributed by atoms with E-state index in [2.05, 4.69) is 112 Å². The molecule has 1 aliphatic carbocycles. The number of hydrogen-bond donors (Lipinski definition) is 0. The number of rotatable bonds is 4. The smallest absolute Gasteiger partial charge is 0.0886 e. The van der Waals surface area contributed by atoms with Crippen molar-refractivity contribution in [1.82, 2.24) is 15.0 Å². The Balaban J connectivity index is 1.08. The second-order valence-corrected chi connectivity index (χ2v) is 10.7. The standard InChI is InChI=1S/C36H27N5/c1-2-12-34-30(10-1)31-17-19-37-23-35(31)41(34)28-9-3-7-25(20-28)26-13-15-32(39-21-26)33-16-14-27(22-40-33)29-11-4-6-24-8-5-18-38-36(24)29/h1-3,5-10,12-23,31,35H,4,11H2. The van der Waals surface area contributed by atoms with Gasteiger partial charge in [0.1, 0.15) is 0 Å². The molecule has 0 radical (unpaired) electrons. The number of nitrogens with zero attached hydrogens (tertiary/aromatic N) is 5. The van der Waals surface area contributed by atoms with Crippen LogP contribution in [0.2, 0.25) is 0 Å². The Morgan fingerprint density at radius 1 is 0.732 bits per heavy atom. The van der Waals surface area contributed by atoms with Crippen LogP contribution in [0.15, 0.2) is 121 Å². The molecule has 5 heteroatoms. The van der Waals surface area contributed by atoms with Crippen molar-refractivity contribution in [2.45, 2.75) is 24.8 Å². The molecule has 41 heavy (non-hydrogen) atoms. The zero-order valence-electron chi connectivity index (χ0n) is 22.4. The van der Waals surface area contributed by atoms with E-state index < -0.39 is 0 Å². The van der Waals surface area contributed by atoms with E-state index in [0.717, 1.165) is 52.0 Å². The van der Waals surface area contributed by atoms with Crippen molar-refractivity contribution >= 4 is 29.2 Å². The molecule has 2 aliphatic heterocycles. The van der Waals surface area contributed by atoms with Gasteiger partial charge >= 0.3 is 0 Å². The highest BCUT2D eigenvalue weighted by Gasteiger charge is 2.37. The topological polar surface area (TPSA) is 54.3 Å². The van der Waals surface area contributed by atoms with Crippen molar-refractivity contribution in [3.63, 3.8) is 0 Å². The van der Waals surface area contributed by atoms with Crippen LogP contribution in [0.1, 0.15) is 29.9 Å². The molecule has 0 spiro atoms. The maximum Gasteiger partial charge on any atom is 0.0886 e. The zero-order valence-corrected chi connectivity index (χ0v) is 22.4. The fourth-order valence-electron chi connectivity index (χ4n) is 6.34. The first-order valence-corrected chi connectivity index (χ1v) is 14.1. The van der Waals surface area contributed by atoms with Crippen molar-refractivity contribution in [1.29, 1.82) is 0 Å². The summed E-state index contributed by atoms with van der Waals surface area (Å²) in [5.41, 5.74) is 10.0. The molecule has 0 amide bonds. The van der Waals surface area contributed by atoms with Crippen LogP contribution >= 0.6 is 0 Å². The lowest BCUT2D eigenvalue weighted by Gasteiger charge is -2.28. The predicted octanol–water partition coefficient (Wildman–Crippen LogP) is 6.18.